The Balaban J connectivity index is 0.00000364. The largest absolute Gasteiger partial charge is 0.356 e. The zero-order chi connectivity index (χ0) is 18.9. The van der Waals surface area contributed by atoms with E-state index in [-0.39, 0.29) is 36.4 Å². The minimum Gasteiger partial charge on any atom is -0.356 e. The molecule has 0 aliphatic carbocycles. The second-order valence-electron chi connectivity index (χ2n) is 7.26. The van der Waals surface area contributed by atoms with Crippen LogP contribution in [-0.4, -0.2) is 74.0 Å². The molecule has 1 saturated heterocycles. The second-order valence-corrected chi connectivity index (χ2v) is 8.29. The van der Waals surface area contributed by atoms with Crippen molar-refractivity contribution >= 4 is 47.2 Å². The Hall–Kier alpha value is -0.870. The number of hydrogen-bond acceptors (Lipinski definition) is 4. The fourth-order valence-corrected chi connectivity index (χ4v) is 3.66. The van der Waals surface area contributed by atoms with E-state index in [1.165, 1.54) is 4.88 Å². The Morgan fingerprint density at radius 3 is 2.63 bits per heavy atom. The average molecular weight is 507 g/mol. The minimum atomic E-state index is 0. The third-order valence-electron chi connectivity index (χ3n) is 4.72. The van der Waals surface area contributed by atoms with Crippen LogP contribution in [0.3, 0.4) is 0 Å². The van der Waals surface area contributed by atoms with E-state index in [9.17, 15) is 4.79 Å². The van der Waals surface area contributed by atoms with Gasteiger partial charge in [-0.2, -0.15) is 0 Å². The summed E-state index contributed by atoms with van der Waals surface area (Å²) in [4.78, 5) is 21.8. The Bertz CT molecular complexity index is 569. The maximum absolute atomic E-state index is 11.9. The number of thiophene rings is 1. The van der Waals surface area contributed by atoms with Crippen molar-refractivity contribution in [3.05, 3.63) is 22.4 Å². The van der Waals surface area contributed by atoms with Gasteiger partial charge in [0.25, 0.3) is 0 Å². The fourth-order valence-electron chi connectivity index (χ4n) is 2.95. The van der Waals surface area contributed by atoms with Crippen molar-refractivity contribution in [3.63, 3.8) is 0 Å². The number of piperidine rings is 1. The number of halogens is 1. The number of hydrogen-bond donors (Lipinski definition) is 2. The molecule has 0 spiro atoms. The van der Waals surface area contributed by atoms with Gasteiger partial charge in [0.2, 0.25) is 5.91 Å². The van der Waals surface area contributed by atoms with Crippen molar-refractivity contribution in [2.45, 2.75) is 45.2 Å². The number of amides is 1. The molecule has 27 heavy (non-hydrogen) atoms. The van der Waals surface area contributed by atoms with Crippen LogP contribution in [0.1, 0.15) is 31.6 Å². The summed E-state index contributed by atoms with van der Waals surface area (Å²) in [5.41, 5.74) is 0. The molecular weight excluding hydrogens is 473 g/mol. The van der Waals surface area contributed by atoms with Crippen LogP contribution in [0, 0.1) is 0 Å². The molecule has 1 amide bonds. The van der Waals surface area contributed by atoms with Crippen LogP contribution in [-0.2, 0) is 11.2 Å². The SMILES string of the molecule is CC(C)N1CCC(NC(=NCC(=O)N(C)C)NCCc2cccs2)CC1.I. The molecule has 0 bridgehead atoms. The number of aliphatic imine (C=N–C) groups is 1. The van der Waals surface area contributed by atoms with E-state index >= 15 is 0 Å². The summed E-state index contributed by atoms with van der Waals surface area (Å²) in [6.45, 7) is 7.70. The molecule has 1 aromatic heterocycles. The van der Waals surface area contributed by atoms with Gasteiger partial charge >= 0.3 is 0 Å². The van der Waals surface area contributed by atoms with Crippen molar-refractivity contribution in [1.29, 1.82) is 0 Å². The van der Waals surface area contributed by atoms with E-state index in [0.717, 1.165) is 44.9 Å². The number of carbonyl (C=O) groups excluding carboxylic acids is 1. The monoisotopic (exact) mass is 507 g/mol. The summed E-state index contributed by atoms with van der Waals surface area (Å²) in [5, 5.41) is 9.03. The van der Waals surface area contributed by atoms with Gasteiger partial charge in [-0.25, -0.2) is 4.99 Å². The van der Waals surface area contributed by atoms with E-state index < -0.39 is 0 Å². The van der Waals surface area contributed by atoms with Crippen molar-refractivity contribution in [2.24, 2.45) is 4.99 Å². The van der Waals surface area contributed by atoms with Gasteiger partial charge in [-0.3, -0.25) is 4.79 Å². The molecule has 0 aromatic carbocycles. The molecule has 0 unspecified atom stereocenters. The van der Waals surface area contributed by atoms with Gasteiger partial charge in [0.15, 0.2) is 5.96 Å². The molecule has 8 heteroatoms. The zero-order valence-corrected chi connectivity index (χ0v) is 20.0. The summed E-state index contributed by atoms with van der Waals surface area (Å²) >= 11 is 1.77. The molecular formula is C19H34IN5OS. The highest BCUT2D eigenvalue weighted by Gasteiger charge is 2.21. The summed E-state index contributed by atoms with van der Waals surface area (Å²) in [5.74, 6) is 0.763. The normalized spacial score (nSPS) is 16.1. The van der Waals surface area contributed by atoms with Crippen LogP contribution in [0.25, 0.3) is 0 Å². The van der Waals surface area contributed by atoms with Gasteiger partial charge in [-0.15, -0.1) is 35.3 Å². The number of guanidine groups is 1. The lowest BCUT2D eigenvalue weighted by Gasteiger charge is -2.35. The Kier molecular flexibility index (Phi) is 11.2. The molecule has 2 rings (SSSR count). The first-order valence-electron chi connectivity index (χ1n) is 9.47. The van der Waals surface area contributed by atoms with E-state index in [4.69, 9.17) is 0 Å². The van der Waals surface area contributed by atoms with E-state index in [0.29, 0.717) is 12.1 Å². The number of carbonyl (C=O) groups is 1. The van der Waals surface area contributed by atoms with E-state index in [1.54, 1.807) is 30.3 Å². The molecule has 6 nitrogen and oxygen atoms in total. The van der Waals surface area contributed by atoms with E-state index in [1.807, 2.05) is 0 Å². The van der Waals surface area contributed by atoms with Gasteiger partial charge in [-0.1, -0.05) is 6.07 Å². The number of nitrogens with one attached hydrogen (secondary N) is 2. The molecule has 2 heterocycles. The topological polar surface area (TPSA) is 60.0 Å². The molecule has 1 fully saturated rings. The van der Waals surface area contributed by atoms with Crippen molar-refractivity contribution in [3.8, 4) is 0 Å². The first-order valence-corrected chi connectivity index (χ1v) is 10.3. The third kappa shape index (κ3) is 8.78. The quantitative estimate of drug-likeness (QED) is 0.338. The molecule has 154 valence electrons. The molecule has 1 aliphatic rings. The van der Waals surface area contributed by atoms with Gasteiger partial charge in [0.05, 0.1) is 0 Å². The zero-order valence-electron chi connectivity index (χ0n) is 16.9. The standard InChI is InChI=1S/C19H33N5OS.HI/c1-15(2)24-11-8-16(9-12-24)22-19(21-14-18(25)23(3)4)20-10-7-17-6-5-13-26-17;/h5-6,13,15-16H,7-12,14H2,1-4H3,(H2,20,21,22);1H. The number of likely N-dealkylation sites (tertiary alicyclic amines) is 1. The average Bonchev–Trinajstić information content (AvgIpc) is 3.13. The third-order valence-corrected chi connectivity index (χ3v) is 5.65. The lowest BCUT2D eigenvalue weighted by Crippen LogP contribution is -2.50. The van der Waals surface area contributed by atoms with Crippen molar-refractivity contribution in [2.75, 3.05) is 40.3 Å². The van der Waals surface area contributed by atoms with Gasteiger partial charge in [0.1, 0.15) is 6.54 Å². The highest BCUT2D eigenvalue weighted by molar-refractivity contribution is 14.0. The first-order chi connectivity index (χ1) is 12.5. The summed E-state index contributed by atoms with van der Waals surface area (Å²) < 4.78 is 0. The number of likely N-dealkylation sites (N-methyl/N-ethyl adjacent to an activating group) is 1. The van der Waals surface area contributed by atoms with Crippen molar-refractivity contribution < 1.29 is 4.79 Å². The van der Waals surface area contributed by atoms with Crippen LogP contribution < -0.4 is 10.6 Å². The molecule has 1 aliphatic heterocycles. The molecule has 0 saturated carbocycles. The summed E-state index contributed by atoms with van der Waals surface area (Å²) in [6.07, 6.45) is 3.17. The lowest BCUT2D eigenvalue weighted by atomic mass is 10.0. The molecule has 1 aromatic rings. The molecule has 2 N–H and O–H groups in total. The maximum Gasteiger partial charge on any atom is 0.243 e. The van der Waals surface area contributed by atoms with Crippen LogP contribution in [0.4, 0.5) is 0 Å². The number of nitrogens with zero attached hydrogens (tertiary/aromatic N) is 3. The van der Waals surface area contributed by atoms with Crippen LogP contribution in [0.15, 0.2) is 22.5 Å². The predicted molar refractivity (Wildman–Crippen MR) is 125 cm³/mol. The predicted octanol–water partition coefficient (Wildman–Crippen LogP) is 2.40. The fraction of sp³-hybridized carbons (Fsp3) is 0.684. The van der Waals surface area contributed by atoms with Crippen molar-refractivity contribution in [1.82, 2.24) is 20.4 Å². The lowest BCUT2D eigenvalue weighted by molar-refractivity contribution is -0.127. The van der Waals surface area contributed by atoms with Crippen LogP contribution >= 0.6 is 35.3 Å². The summed E-state index contributed by atoms with van der Waals surface area (Å²) in [6, 6.07) is 5.23. The highest BCUT2D eigenvalue weighted by atomic mass is 127. The maximum atomic E-state index is 11.9. The Labute approximate surface area is 184 Å². The molecule has 0 radical (unpaired) electrons. The summed E-state index contributed by atoms with van der Waals surface area (Å²) in [7, 11) is 3.52. The van der Waals surface area contributed by atoms with Gasteiger partial charge in [0, 0.05) is 50.7 Å². The highest BCUT2D eigenvalue weighted by Crippen LogP contribution is 2.13. The Morgan fingerprint density at radius 1 is 1.37 bits per heavy atom. The molecule has 0 atom stereocenters. The first kappa shape index (κ1) is 24.2. The van der Waals surface area contributed by atoms with Gasteiger partial charge in [-0.05, 0) is 44.6 Å². The smallest absolute Gasteiger partial charge is 0.243 e. The Morgan fingerprint density at radius 2 is 2.07 bits per heavy atom. The number of rotatable bonds is 7. The second kappa shape index (κ2) is 12.6. The minimum absolute atomic E-state index is 0. The van der Waals surface area contributed by atoms with Gasteiger partial charge < -0.3 is 20.4 Å². The van der Waals surface area contributed by atoms with Crippen LogP contribution in [0.2, 0.25) is 0 Å². The van der Waals surface area contributed by atoms with Crippen LogP contribution in [0.5, 0.6) is 0 Å². The van der Waals surface area contributed by atoms with E-state index in [2.05, 4.69) is 51.9 Å².